The molecule has 0 aliphatic heterocycles. The molecule has 0 aliphatic rings. The first kappa shape index (κ1) is 12.6. The Kier molecular flexibility index (Phi) is 3.72. The van der Waals surface area contributed by atoms with Gasteiger partial charge in [-0.1, -0.05) is 12.1 Å². The van der Waals surface area contributed by atoms with Crippen molar-refractivity contribution in [3.8, 4) is 5.75 Å². The molecule has 0 bridgehead atoms. The zero-order chi connectivity index (χ0) is 13.7. The second kappa shape index (κ2) is 5.63. The number of aromatic nitrogens is 2. The van der Waals surface area contributed by atoms with Gasteiger partial charge in [-0.2, -0.15) is 0 Å². The van der Waals surface area contributed by atoms with E-state index in [1.54, 1.807) is 13.3 Å². The average Bonchev–Trinajstić information content (AvgIpc) is 2.85. The summed E-state index contributed by atoms with van der Waals surface area (Å²) >= 11 is 0. The number of anilines is 1. The van der Waals surface area contributed by atoms with E-state index >= 15 is 0 Å². The van der Waals surface area contributed by atoms with E-state index in [0.717, 1.165) is 5.56 Å². The molecule has 19 heavy (non-hydrogen) atoms. The molecule has 8 heteroatoms. The SMILES string of the molecule is COc1ccccc1C=[NH+]N=C(N)c1nonc1N. The van der Waals surface area contributed by atoms with Crippen LogP contribution in [0.4, 0.5) is 5.82 Å². The Labute approximate surface area is 108 Å². The third-order valence-corrected chi connectivity index (χ3v) is 2.30. The molecule has 0 saturated carbocycles. The van der Waals surface area contributed by atoms with E-state index < -0.39 is 0 Å². The van der Waals surface area contributed by atoms with Crippen LogP contribution in [0.3, 0.4) is 0 Å². The van der Waals surface area contributed by atoms with Crippen LogP contribution in [-0.4, -0.2) is 29.5 Å². The number of hydrogen-bond donors (Lipinski definition) is 3. The Balaban J connectivity index is 2.17. The van der Waals surface area contributed by atoms with Gasteiger partial charge >= 0.3 is 0 Å². The number of nitrogen functional groups attached to an aromatic ring is 1. The average molecular weight is 261 g/mol. The van der Waals surface area contributed by atoms with E-state index in [9.17, 15) is 0 Å². The van der Waals surface area contributed by atoms with Gasteiger partial charge in [0.05, 0.1) is 12.7 Å². The number of hydrazone groups is 1. The standard InChI is InChI=1S/C11H12N6O2/c1-18-8-5-3-2-4-7(8)6-14-15-10(12)9-11(13)17-19-16-9/h2-6H,1H3,(H2,12,15)(H2,13,17)/p+1. The summed E-state index contributed by atoms with van der Waals surface area (Å²) in [5.41, 5.74) is 12.2. The molecule has 0 fully saturated rings. The molecule has 0 aliphatic carbocycles. The van der Waals surface area contributed by atoms with Crippen molar-refractivity contribution in [3.05, 3.63) is 35.5 Å². The highest BCUT2D eigenvalue weighted by Gasteiger charge is 2.12. The smallest absolute Gasteiger partial charge is 0.224 e. The topological polar surface area (TPSA) is 127 Å². The zero-order valence-corrected chi connectivity index (χ0v) is 10.2. The van der Waals surface area contributed by atoms with Crippen LogP contribution in [0.5, 0.6) is 5.75 Å². The minimum absolute atomic E-state index is 0.0740. The first-order valence-corrected chi connectivity index (χ1v) is 5.35. The number of nitrogens with one attached hydrogen (secondary N) is 1. The zero-order valence-electron chi connectivity index (χ0n) is 10.2. The molecule has 0 radical (unpaired) electrons. The van der Waals surface area contributed by atoms with Gasteiger partial charge in [0, 0.05) is 5.10 Å². The fraction of sp³-hybridized carbons (Fsp3) is 0.0909. The van der Waals surface area contributed by atoms with E-state index in [1.807, 2.05) is 24.3 Å². The molecule has 0 unspecified atom stereocenters. The summed E-state index contributed by atoms with van der Waals surface area (Å²) in [6.45, 7) is 0. The third-order valence-electron chi connectivity index (χ3n) is 2.30. The highest BCUT2D eigenvalue weighted by Crippen LogP contribution is 2.13. The summed E-state index contributed by atoms with van der Waals surface area (Å²) in [5, 5.41) is 13.5. The molecule has 0 atom stereocenters. The number of nitrogens with two attached hydrogens (primary N) is 2. The predicted octanol–water partition coefficient (Wildman–Crippen LogP) is -1.52. The maximum absolute atomic E-state index is 5.67. The van der Waals surface area contributed by atoms with Crippen LogP contribution < -0.4 is 21.3 Å². The molecular weight excluding hydrogens is 248 g/mol. The van der Waals surface area contributed by atoms with Crippen molar-refractivity contribution in [2.75, 3.05) is 12.8 Å². The number of ether oxygens (including phenoxy) is 1. The normalized spacial score (nSPS) is 11.9. The lowest BCUT2D eigenvalue weighted by Gasteiger charge is -1.99. The van der Waals surface area contributed by atoms with Crippen LogP contribution in [0.25, 0.3) is 0 Å². The molecule has 1 heterocycles. The van der Waals surface area contributed by atoms with Crippen LogP contribution in [0.2, 0.25) is 0 Å². The summed E-state index contributed by atoms with van der Waals surface area (Å²) in [5.74, 6) is 0.872. The molecule has 2 aromatic rings. The number of para-hydroxylation sites is 1. The minimum Gasteiger partial charge on any atom is -0.496 e. The second-order valence-corrected chi connectivity index (χ2v) is 3.51. The molecule has 1 aromatic heterocycles. The molecule has 8 nitrogen and oxygen atoms in total. The van der Waals surface area contributed by atoms with Crippen LogP contribution in [-0.2, 0) is 0 Å². The molecule has 5 N–H and O–H groups in total. The van der Waals surface area contributed by atoms with E-state index in [0.29, 0.717) is 5.75 Å². The van der Waals surface area contributed by atoms with Gasteiger partial charge in [-0.05, 0) is 22.4 Å². The van der Waals surface area contributed by atoms with Gasteiger partial charge in [-0.3, -0.25) is 0 Å². The molecule has 0 spiro atoms. The van der Waals surface area contributed by atoms with Crippen molar-refractivity contribution in [3.63, 3.8) is 0 Å². The molecule has 2 rings (SSSR count). The van der Waals surface area contributed by atoms with Crippen LogP contribution in [0, 0.1) is 0 Å². The van der Waals surface area contributed by atoms with Crippen molar-refractivity contribution in [1.82, 2.24) is 10.3 Å². The fourth-order valence-corrected chi connectivity index (χ4v) is 1.38. The van der Waals surface area contributed by atoms with Gasteiger partial charge in [-0.15, -0.1) is 5.10 Å². The molecular formula is C11H13N6O2+. The van der Waals surface area contributed by atoms with Gasteiger partial charge in [0.2, 0.25) is 12.1 Å². The van der Waals surface area contributed by atoms with Crippen molar-refractivity contribution >= 4 is 17.9 Å². The number of amidine groups is 1. The predicted molar refractivity (Wildman–Crippen MR) is 68.6 cm³/mol. The van der Waals surface area contributed by atoms with Crippen LogP contribution in [0.15, 0.2) is 34.0 Å². The Morgan fingerprint density at radius 1 is 1.42 bits per heavy atom. The number of nitrogens with zero attached hydrogens (tertiary/aromatic N) is 3. The van der Waals surface area contributed by atoms with E-state index in [1.165, 1.54) is 0 Å². The Hall–Kier alpha value is -2.90. The minimum atomic E-state index is 0.0740. The van der Waals surface area contributed by atoms with Gasteiger partial charge < -0.3 is 16.2 Å². The largest absolute Gasteiger partial charge is 0.496 e. The molecule has 98 valence electrons. The van der Waals surface area contributed by atoms with Crippen molar-refractivity contribution in [2.45, 2.75) is 0 Å². The van der Waals surface area contributed by atoms with E-state index in [-0.39, 0.29) is 17.3 Å². The van der Waals surface area contributed by atoms with Crippen molar-refractivity contribution in [1.29, 1.82) is 0 Å². The maximum atomic E-state index is 5.67. The van der Waals surface area contributed by atoms with E-state index in [2.05, 4.69) is 25.1 Å². The first-order valence-electron chi connectivity index (χ1n) is 5.35. The number of rotatable bonds is 4. The first-order chi connectivity index (χ1) is 9.22. The van der Waals surface area contributed by atoms with Gasteiger partial charge in [0.1, 0.15) is 5.75 Å². The van der Waals surface area contributed by atoms with Crippen molar-refractivity contribution in [2.24, 2.45) is 10.8 Å². The fourth-order valence-electron chi connectivity index (χ4n) is 1.38. The highest BCUT2D eigenvalue weighted by molar-refractivity contribution is 5.98. The Bertz CT molecular complexity index is 619. The van der Waals surface area contributed by atoms with Crippen LogP contribution >= 0.6 is 0 Å². The quantitative estimate of drug-likeness (QED) is 0.348. The summed E-state index contributed by atoms with van der Waals surface area (Å²) in [4.78, 5) is 0. The lowest BCUT2D eigenvalue weighted by Crippen LogP contribution is -2.63. The molecule has 0 saturated heterocycles. The molecule has 0 amide bonds. The van der Waals surface area contributed by atoms with Gasteiger partial charge in [0.15, 0.2) is 11.5 Å². The summed E-state index contributed by atoms with van der Waals surface area (Å²) < 4.78 is 9.61. The van der Waals surface area contributed by atoms with E-state index in [4.69, 9.17) is 16.2 Å². The van der Waals surface area contributed by atoms with Crippen LogP contribution in [0.1, 0.15) is 11.3 Å². The van der Waals surface area contributed by atoms with Gasteiger partial charge in [0.25, 0.3) is 0 Å². The van der Waals surface area contributed by atoms with Gasteiger partial charge in [-0.25, -0.2) is 4.63 Å². The number of benzene rings is 1. The summed E-state index contributed by atoms with van der Waals surface area (Å²) in [6, 6.07) is 7.45. The lowest BCUT2D eigenvalue weighted by molar-refractivity contribution is -0.456. The summed E-state index contributed by atoms with van der Waals surface area (Å²) in [7, 11) is 1.59. The Morgan fingerprint density at radius 3 is 2.89 bits per heavy atom. The monoisotopic (exact) mass is 261 g/mol. The molecule has 1 aromatic carbocycles. The lowest BCUT2D eigenvalue weighted by atomic mass is 10.2. The Morgan fingerprint density at radius 2 is 2.21 bits per heavy atom. The third kappa shape index (κ3) is 2.86. The number of hydrogen-bond acceptors (Lipinski definition) is 6. The van der Waals surface area contributed by atoms with Crippen molar-refractivity contribution < 1.29 is 14.5 Å². The summed E-state index contributed by atoms with van der Waals surface area (Å²) in [6.07, 6.45) is 1.63. The number of methoxy groups -OCH3 is 1. The highest BCUT2D eigenvalue weighted by atomic mass is 16.6. The maximum Gasteiger partial charge on any atom is 0.224 e. The second-order valence-electron chi connectivity index (χ2n) is 3.51.